The number of hydrogen-bond donors (Lipinski definition) is 1. The molecule has 1 saturated heterocycles. The molecule has 1 aliphatic heterocycles. The summed E-state index contributed by atoms with van der Waals surface area (Å²) in [6.07, 6.45) is 9.24. The third-order valence-corrected chi connectivity index (χ3v) is 5.88. The Labute approximate surface area is 154 Å². The average Bonchev–Trinajstić information content (AvgIpc) is 3.40. The standard InChI is InChI=1S/C19H19N5OS/c1-2-9-25-15(5-1)16-6-7-17(26-16)18-22-14-11-21-24(19(14)23-18)12-13-4-3-8-20-10-13/h3-4,6-8,10-11,15H,1-2,5,9,12H2,(H,22,23)/t15-/m1/s1. The molecule has 1 fully saturated rings. The van der Waals surface area contributed by atoms with E-state index in [4.69, 9.17) is 9.72 Å². The minimum Gasteiger partial charge on any atom is -0.373 e. The molecule has 0 saturated carbocycles. The Hall–Kier alpha value is -2.51. The number of nitrogens with zero attached hydrogens (tertiary/aromatic N) is 4. The molecule has 26 heavy (non-hydrogen) atoms. The first kappa shape index (κ1) is 15.7. The van der Waals surface area contributed by atoms with Gasteiger partial charge >= 0.3 is 0 Å². The zero-order valence-electron chi connectivity index (χ0n) is 14.3. The predicted octanol–water partition coefficient (Wildman–Crippen LogP) is 4.17. The molecule has 5 heterocycles. The number of rotatable bonds is 4. The van der Waals surface area contributed by atoms with Crippen molar-refractivity contribution in [3.05, 3.63) is 53.3 Å². The molecule has 5 rings (SSSR count). The molecule has 0 radical (unpaired) electrons. The molecule has 0 unspecified atom stereocenters. The van der Waals surface area contributed by atoms with E-state index in [0.717, 1.165) is 40.5 Å². The Kier molecular flexibility index (Phi) is 4.03. The predicted molar refractivity (Wildman–Crippen MR) is 101 cm³/mol. The van der Waals surface area contributed by atoms with Crippen LogP contribution in [-0.2, 0) is 11.3 Å². The van der Waals surface area contributed by atoms with Crippen molar-refractivity contribution >= 4 is 22.5 Å². The van der Waals surface area contributed by atoms with Crippen LogP contribution in [-0.4, -0.2) is 31.3 Å². The van der Waals surface area contributed by atoms with E-state index in [1.165, 1.54) is 17.7 Å². The molecule has 0 spiro atoms. The number of H-pyrrole nitrogens is 1. The molecule has 6 nitrogen and oxygen atoms in total. The van der Waals surface area contributed by atoms with E-state index in [1.54, 1.807) is 17.5 Å². The van der Waals surface area contributed by atoms with Gasteiger partial charge in [0.1, 0.15) is 5.52 Å². The van der Waals surface area contributed by atoms with E-state index in [-0.39, 0.29) is 6.10 Å². The lowest BCUT2D eigenvalue weighted by Gasteiger charge is -2.21. The minimum atomic E-state index is 0.243. The lowest BCUT2D eigenvalue weighted by atomic mass is 10.1. The van der Waals surface area contributed by atoms with Gasteiger partial charge in [0.05, 0.1) is 23.7 Å². The van der Waals surface area contributed by atoms with E-state index in [1.807, 2.05) is 29.2 Å². The third-order valence-electron chi connectivity index (χ3n) is 4.69. The van der Waals surface area contributed by atoms with Crippen LogP contribution in [0.15, 0.2) is 42.9 Å². The number of fused-ring (bicyclic) bond motifs is 1. The molecule has 4 aromatic heterocycles. The van der Waals surface area contributed by atoms with Gasteiger partial charge in [-0.25, -0.2) is 9.67 Å². The van der Waals surface area contributed by atoms with Crippen LogP contribution in [0.4, 0.5) is 0 Å². The number of pyridine rings is 1. The summed E-state index contributed by atoms with van der Waals surface area (Å²) in [5.74, 6) is 0.893. The fourth-order valence-corrected chi connectivity index (χ4v) is 4.40. The summed E-state index contributed by atoms with van der Waals surface area (Å²) in [4.78, 5) is 14.8. The SMILES string of the molecule is c1cncc(Cn2ncc3[nH]c(-c4ccc([C@H]5CCCCO5)s4)nc32)c1. The van der Waals surface area contributed by atoms with Gasteiger partial charge in [-0.15, -0.1) is 11.3 Å². The van der Waals surface area contributed by atoms with E-state index >= 15 is 0 Å². The van der Waals surface area contributed by atoms with Crippen LogP contribution in [0.3, 0.4) is 0 Å². The molecule has 4 aromatic rings. The van der Waals surface area contributed by atoms with Crippen LogP contribution in [0.2, 0.25) is 0 Å². The molecule has 132 valence electrons. The second-order valence-corrected chi connectivity index (χ2v) is 7.66. The second-order valence-electron chi connectivity index (χ2n) is 6.54. The third kappa shape index (κ3) is 2.93. The maximum atomic E-state index is 5.90. The number of thiophene rings is 1. The smallest absolute Gasteiger partial charge is 0.177 e. The number of aromatic amines is 1. The Morgan fingerprint density at radius 3 is 3.08 bits per heavy atom. The van der Waals surface area contributed by atoms with Gasteiger partial charge < -0.3 is 9.72 Å². The number of hydrogen-bond acceptors (Lipinski definition) is 5. The Morgan fingerprint density at radius 1 is 1.23 bits per heavy atom. The first-order valence-electron chi connectivity index (χ1n) is 8.89. The van der Waals surface area contributed by atoms with Crippen molar-refractivity contribution < 1.29 is 4.74 Å². The molecule has 1 atom stereocenters. The van der Waals surface area contributed by atoms with Gasteiger partial charge in [0.25, 0.3) is 0 Å². The average molecular weight is 365 g/mol. The summed E-state index contributed by atoms with van der Waals surface area (Å²) >= 11 is 1.76. The zero-order chi connectivity index (χ0) is 17.3. The van der Waals surface area contributed by atoms with Crippen molar-refractivity contribution in [2.45, 2.75) is 31.9 Å². The first-order chi connectivity index (χ1) is 12.9. The van der Waals surface area contributed by atoms with E-state index in [9.17, 15) is 0 Å². The van der Waals surface area contributed by atoms with Crippen LogP contribution >= 0.6 is 11.3 Å². The highest BCUT2D eigenvalue weighted by Gasteiger charge is 2.19. The molecule has 1 N–H and O–H groups in total. The van der Waals surface area contributed by atoms with Crippen LogP contribution < -0.4 is 0 Å². The van der Waals surface area contributed by atoms with Crippen molar-refractivity contribution in [1.82, 2.24) is 24.7 Å². The highest BCUT2D eigenvalue weighted by molar-refractivity contribution is 7.15. The fourth-order valence-electron chi connectivity index (χ4n) is 3.36. The summed E-state index contributed by atoms with van der Waals surface area (Å²) < 4.78 is 7.81. The number of imidazole rings is 1. The van der Waals surface area contributed by atoms with Gasteiger partial charge in [-0.2, -0.15) is 5.10 Å². The number of ether oxygens (including phenoxy) is 1. The summed E-state index contributed by atoms with van der Waals surface area (Å²) in [6, 6.07) is 8.29. The zero-order valence-corrected chi connectivity index (χ0v) is 15.1. The Balaban J connectivity index is 1.42. The number of nitrogens with one attached hydrogen (secondary N) is 1. The molecule has 0 bridgehead atoms. The van der Waals surface area contributed by atoms with Gasteiger partial charge in [0, 0.05) is 23.9 Å². The summed E-state index contributed by atoms with van der Waals surface area (Å²) in [5.41, 5.74) is 2.93. The molecule has 7 heteroatoms. The normalized spacial score (nSPS) is 17.8. The van der Waals surface area contributed by atoms with Crippen LogP contribution in [0.5, 0.6) is 0 Å². The first-order valence-corrected chi connectivity index (χ1v) is 9.70. The van der Waals surface area contributed by atoms with Crippen molar-refractivity contribution in [3.63, 3.8) is 0 Å². The van der Waals surface area contributed by atoms with Crippen molar-refractivity contribution in [2.75, 3.05) is 6.61 Å². The fraction of sp³-hybridized carbons (Fsp3) is 0.316. The van der Waals surface area contributed by atoms with Crippen LogP contribution in [0, 0.1) is 0 Å². The van der Waals surface area contributed by atoms with E-state index in [2.05, 4.69) is 27.2 Å². The topological polar surface area (TPSA) is 68.6 Å². The molecular weight excluding hydrogens is 346 g/mol. The van der Waals surface area contributed by atoms with Gasteiger partial charge in [-0.05, 0) is 43.0 Å². The van der Waals surface area contributed by atoms with Gasteiger partial charge in [-0.3, -0.25) is 4.98 Å². The highest BCUT2D eigenvalue weighted by Crippen LogP contribution is 2.36. The highest BCUT2D eigenvalue weighted by atomic mass is 32.1. The minimum absolute atomic E-state index is 0.243. The van der Waals surface area contributed by atoms with Crippen molar-refractivity contribution in [2.24, 2.45) is 0 Å². The molecular formula is C19H19N5OS. The number of aromatic nitrogens is 5. The maximum absolute atomic E-state index is 5.90. The Bertz CT molecular complexity index is 1010. The van der Waals surface area contributed by atoms with Crippen molar-refractivity contribution in [3.8, 4) is 10.7 Å². The quantitative estimate of drug-likeness (QED) is 0.589. The largest absolute Gasteiger partial charge is 0.373 e. The molecule has 1 aliphatic rings. The van der Waals surface area contributed by atoms with Gasteiger partial charge in [0.15, 0.2) is 11.5 Å². The molecule has 0 aromatic carbocycles. The molecule has 0 amide bonds. The Morgan fingerprint density at radius 2 is 2.23 bits per heavy atom. The van der Waals surface area contributed by atoms with Gasteiger partial charge in [-0.1, -0.05) is 6.07 Å². The lowest BCUT2D eigenvalue weighted by molar-refractivity contribution is 0.0172. The van der Waals surface area contributed by atoms with Gasteiger partial charge in [0.2, 0.25) is 0 Å². The van der Waals surface area contributed by atoms with Crippen LogP contribution in [0.1, 0.15) is 35.8 Å². The summed E-state index contributed by atoms with van der Waals surface area (Å²) in [6.45, 7) is 1.53. The van der Waals surface area contributed by atoms with Crippen molar-refractivity contribution in [1.29, 1.82) is 0 Å². The monoisotopic (exact) mass is 365 g/mol. The summed E-state index contributed by atoms with van der Waals surface area (Å²) in [7, 11) is 0. The maximum Gasteiger partial charge on any atom is 0.177 e. The second kappa shape index (κ2) is 6.66. The molecule has 0 aliphatic carbocycles. The van der Waals surface area contributed by atoms with E-state index < -0.39 is 0 Å². The summed E-state index contributed by atoms with van der Waals surface area (Å²) in [5, 5.41) is 4.44. The van der Waals surface area contributed by atoms with Crippen LogP contribution in [0.25, 0.3) is 21.9 Å². The van der Waals surface area contributed by atoms with E-state index in [0.29, 0.717) is 6.54 Å². The lowest BCUT2D eigenvalue weighted by Crippen LogP contribution is -2.09.